The van der Waals surface area contributed by atoms with E-state index in [0.717, 1.165) is 29.2 Å². The summed E-state index contributed by atoms with van der Waals surface area (Å²) in [5.74, 6) is 0.455. The fraction of sp³-hybridized carbons (Fsp3) is 0.250. The monoisotopic (exact) mass is 364 g/mol. The van der Waals surface area contributed by atoms with Crippen LogP contribution in [0.15, 0.2) is 30.3 Å². The molecule has 0 atom stereocenters. The predicted octanol–water partition coefficient (Wildman–Crippen LogP) is 2.52. The van der Waals surface area contributed by atoms with Crippen LogP contribution in [0.25, 0.3) is 10.4 Å². The zero-order valence-corrected chi connectivity index (χ0v) is 15.1. The molecule has 0 unspecified atom stereocenters. The standard InChI is InChI=1S/C16H20N4O2S2/c1-3-8-18-16(23)20-19-15(21)14-12(17)9-13(24-14)10-4-6-11(22-2)7-5-10/h4-7,9H,3,8,17H2,1-2H3,(H,19,21)(H2,18,20,23). The van der Waals surface area contributed by atoms with Crippen LogP contribution in [0.4, 0.5) is 5.69 Å². The van der Waals surface area contributed by atoms with Crippen LogP contribution >= 0.6 is 23.6 Å². The summed E-state index contributed by atoms with van der Waals surface area (Å²) in [6.45, 7) is 2.77. The highest BCUT2D eigenvalue weighted by Crippen LogP contribution is 2.33. The summed E-state index contributed by atoms with van der Waals surface area (Å²) in [5.41, 5.74) is 12.6. The summed E-state index contributed by atoms with van der Waals surface area (Å²) >= 11 is 6.37. The molecule has 0 aliphatic heterocycles. The highest BCUT2D eigenvalue weighted by Gasteiger charge is 2.15. The van der Waals surface area contributed by atoms with Gasteiger partial charge in [0.1, 0.15) is 10.6 Å². The summed E-state index contributed by atoms with van der Waals surface area (Å²) < 4.78 is 5.14. The maximum atomic E-state index is 12.2. The molecule has 0 saturated heterocycles. The molecule has 2 rings (SSSR count). The summed E-state index contributed by atoms with van der Waals surface area (Å²) in [6.07, 6.45) is 0.943. The van der Waals surface area contributed by atoms with Crippen LogP contribution in [0.3, 0.4) is 0 Å². The number of thiocarbonyl (C=S) groups is 1. The second-order valence-electron chi connectivity index (χ2n) is 4.96. The van der Waals surface area contributed by atoms with Gasteiger partial charge in [-0.05, 0) is 54.5 Å². The van der Waals surface area contributed by atoms with Crippen molar-refractivity contribution >= 4 is 40.3 Å². The van der Waals surface area contributed by atoms with E-state index >= 15 is 0 Å². The van der Waals surface area contributed by atoms with Crippen molar-refractivity contribution in [2.24, 2.45) is 0 Å². The summed E-state index contributed by atoms with van der Waals surface area (Å²) in [6, 6.07) is 9.37. The van der Waals surface area contributed by atoms with Crippen molar-refractivity contribution in [3.8, 4) is 16.2 Å². The van der Waals surface area contributed by atoms with E-state index in [4.69, 9.17) is 22.7 Å². The Balaban J connectivity index is 2.04. The number of nitrogen functional groups attached to an aromatic ring is 1. The van der Waals surface area contributed by atoms with Crippen LogP contribution in [0.5, 0.6) is 5.75 Å². The van der Waals surface area contributed by atoms with Crippen molar-refractivity contribution < 1.29 is 9.53 Å². The molecule has 0 radical (unpaired) electrons. The number of hydrogen-bond donors (Lipinski definition) is 4. The molecule has 1 amide bonds. The number of hydrazine groups is 1. The topological polar surface area (TPSA) is 88.4 Å². The highest BCUT2D eigenvalue weighted by molar-refractivity contribution is 7.80. The third kappa shape index (κ3) is 4.59. The van der Waals surface area contributed by atoms with E-state index in [1.165, 1.54) is 11.3 Å². The highest BCUT2D eigenvalue weighted by atomic mass is 32.1. The number of hydrogen-bond acceptors (Lipinski definition) is 5. The van der Waals surface area contributed by atoms with Crippen molar-refractivity contribution in [3.63, 3.8) is 0 Å². The second-order valence-corrected chi connectivity index (χ2v) is 6.42. The number of nitrogens with one attached hydrogen (secondary N) is 3. The number of rotatable bonds is 5. The van der Waals surface area contributed by atoms with Crippen LogP contribution in [0, 0.1) is 0 Å². The Hall–Kier alpha value is -2.32. The normalized spacial score (nSPS) is 10.1. The van der Waals surface area contributed by atoms with Gasteiger partial charge >= 0.3 is 0 Å². The van der Waals surface area contributed by atoms with Gasteiger partial charge < -0.3 is 15.8 Å². The molecule has 128 valence electrons. The number of nitrogens with two attached hydrogens (primary N) is 1. The lowest BCUT2D eigenvalue weighted by atomic mass is 10.2. The molecule has 6 nitrogen and oxygen atoms in total. The first-order valence-electron chi connectivity index (χ1n) is 7.43. The quantitative estimate of drug-likeness (QED) is 0.482. The molecule has 2 aromatic rings. The van der Waals surface area contributed by atoms with Crippen molar-refractivity contribution in [2.75, 3.05) is 19.4 Å². The van der Waals surface area contributed by atoms with Crippen molar-refractivity contribution in [1.29, 1.82) is 0 Å². The Kier molecular flexibility index (Phi) is 6.39. The van der Waals surface area contributed by atoms with E-state index in [2.05, 4.69) is 16.2 Å². The van der Waals surface area contributed by atoms with Gasteiger partial charge in [-0.2, -0.15) is 0 Å². The van der Waals surface area contributed by atoms with Crippen molar-refractivity contribution in [2.45, 2.75) is 13.3 Å². The second kappa shape index (κ2) is 8.51. The van der Waals surface area contributed by atoms with Gasteiger partial charge in [0.25, 0.3) is 5.91 Å². The number of thiophene rings is 1. The van der Waals surface area contributed by atoms with Gasteiger partial charge in [-0.3, -0.25) is 15.6 Å². The van der Waals surface area contributed by atoms with Gasteiger partial charge in [0.05, 0.1) is 12.8 Å². The first kappa shape index (κ1) is 18.0. The minimum Gasteiger partial charge on any atom is -0.497 e. The van der Waals surface area contributed by atoms with Crippen LogP contribution in [0.1, 0.15) is 23.0 Å². The van der Waals surface area contributed by atoms with Gasteiger partial charge in [-0.15, -0.1) is 11.3 Å². The average Bonchev–Trinajstić information content (AvgIpc) is 2.99. The Morgan fingerprint density at radius 2 is 2.00 bits per heavy atom. The minimum absolute atomic E-state index is 0.321. The lowest BCUT2D eigenvalue weighted by Crippen LogP contribution is -2.46. The number of amides is 1. The molecule has 0 bridgehead atoms. The molecule has 0 fully saturated rings. The number of carbonyl (C=O) groups excluding carboxylic acids is 1. The smallest absolute Gasteiger partial charge is 0.281 e. The van der Waals surface area contributed by atoms with E-state index in [9.17, 15) is 4.79 Å². The number of ether oxygens (including phenoxy) is 1. The van der Waals surface area contributed by atoms with E-state index in [1.54, 1.807) is 13.2 Å². The fourth-order valence-corrected chi connectivity index (χ4v) is 3.07. The third-order valence-electron chi connectivity index (χ3n) is 3.17. The summed E-state index contributed by atoms with van der Waals surface area (Å²) in [5, 5.41) is 3.33. The molecule has 1 heterocycles. The molecule has 0 aliphatic carbocycles. The zero-order valence-electron chi connectivity index (χ0n) is 13.5. The molecule has 1 aromatic heterocycles. The Morgan fingerprint density at radius 3 is 2.62 bits per heavy atom. The Bertz CT molecular complexity index is 713. The molecule has 5 N–H and O–H groups in total. The first-order chi connectivity index (χ1) is 11.5. The van der Waals surface area contributed by atoms with Gasteiger partial charge in [-0.25, -0.2) is 0 Å². The molecule has 8 heteroatoms. The fourth-order valence-electron chi connectivity index (χ4n) is 1.93. The zero-order chi connectivity index (χ0) is 17.5. The van der Waals surface area contributed by atoms with Crippen LogP contribution < -0.4 is 26.6 Å². The lowest BCUT2D eigenvalue weighted by molar-refractivity contribution is 0.0948. The first-order valence-corrected chi connectivity index (χ1v) is 8.65. The number of carbonyl (C=O) groups is 1. The van der Waals surface area contributed by atoms with Gasteiger partial charge in [0.2, 0.25) is 0 Å². The molecule has 0 spiro atoms. The SMILES string of the molecule is CCCNC(=S)NNC(=O)c1sc(-c2ccc(OC)cc2)cc1N. The van der Waals surface area contributed by atoms with E-state index in [-0.39, 0.29) is 5.91 Å². The van der Waals surface area contributed by atoms with Crippen molar-refractivity contribution in [3.05, 3.63) is 35.2 Å². The van der Waals surface area contributed by atoms with E-state index < -0.39 is 0 Å². The van der Waals surface area contributed by atoms with E-state index in [0.29, 0.717) is 15.7 Å². The maximum absolute atomic E-state index is 12.2. The minimum atomic E-state index is -0.321. The summed E-state index contributed by atoms with van der Waals surface area (Å²) in [4.78, 5) is 13.6. The summed E-state index contributed by atoms with van der Waals surface area (Å²) in [7, 11) is 1.62. The lowest BCUT2D eigenvalue weighted by Gasteiger charge is -2.10. The molecule has 24 heavy (non-hydrogen) atoms. The maximum Gasteiger partial charge on any atom is 0.281 e. The molecule has 1 aromatic carbocycles. The average molecular weight is 364 g/mol. The van der Waals surface area contributed by atoms with E-state index in [1.807, 2.05) is 31.2 Å². The van der Waals surface area contributed by atoms with Gasteiger partial charge in [0, 0.05) is 11.4 Å². The largest absolute Gasteiger partial charge is 0.497 e. The van der Waals surface area contributed by atoms with Gasteiger partial charge in [0.15, 0.2) is 5.11 Å². The molecular formula is C16H20N4O2S2. The molecule has 0 aliphatic rings. The number of methoxy groups -OCH3 is 1. The number of benzene rings is 1. The molecule has 0 saturated carbocycles. The van der Waals surface area contributed by atoms with Crippen LogP contribution in [-0.4, -0.2) is 24.7 Å². The predicted molar refractivity (Wildman–Crippen MR) is 102 cm³/mol. The Morgan fingerprint density at radius 1 is 1.29 bits per heavy atom. The van der Waals surface area contributed by atoms with Crippen molar-refractivity contribution in [1.82, 2.24) is 16.2 Å². The number of anilines is 1. The van der Waals surface area contributed by atoms with Gasteiger partial charge in [-0.1, -0.05) is 6.92 Å². The van der Waals surface area contributed by atoms with Crippen LogP contribution in [-0.2, 0) is 0 Å². The molecular weight excluding hydrogens is 344 g/mol. The van der Waals surface area contributed by atoms with Crippen LogP contribution in [0.2, 0.25) is 0 Å². The Labute approximate surface area is 150 Å². The third-order valence-corrected chi connectivity index (χ3v) is 4.61.